The summed E-state index contributed by atoms with van der Waals surface area (Å²) in [4.78, 5) is 12.4. The minimum Gasteiger partial charge on any atom is -0.348 e. The van der Waals surface area contributed by atoms with Crippen LogP contribution >= 0.6 is 0 Å². The number of amides is 1. The zero-order valence-electron chi connectivity index (χ0n) is 14.7. The van der Waals surface area contributed by atoms with Crippen molar-refractivity contribution in [3.63, 3.8) is 0 Å². The topological polar surface area (TPSA) is 75.6 Å². The Bertz CT molecular complexity index is 1000. The minimum absolute atomic E-state index is 0.109. The molecule has 1 amide bonds. The Morgan fingerprint density at radius 1 is 1.00 bits per heavy atom. The Morgan fingerprint density at radius 3 is 2.56 bits per heavy atom. The number of nitrogens with one attached hydrogen (secondary N) is 2. The fourth-order valence-corrected chi connectivity index (χ4v) is 2.86. The smallest absolute Gasteiger partial charge is 0.251 e. The molecule has 0 aliphatic heterocycles. The average Bonchev–Trinajstić information content (AvgIpc) is 3.39. The Kier molecular flexibility index (Phi) is 4.78. The second-order valence-corrected chi connectivity index (χ2v) is 6.26. The molecule has 4 rings (SSSR count). The third-order valence-corrected chi connectivity index (χ3v) is 4.29. The molecule has 6 heteroatoms. The molecule has 6 nitrogen and oxygen atoms in total. The Hall–Kier alpha value is -3.67. The van der Waals surface area contributed by atoms with Crippen molar-refractivity contribution in [2.24, 2.45) is 0 Å². The zero-order chi connectivity index (χ0) is 18.5. The first kappa shape index (κ1) is 16.8. The molecule has 2 aromatic heterocycles. The normalized spacial score (nSPS) is 10.7. The first-order valence-electron chi connectivity index (χ1n) is 8.71. The lowest BCUT2D eigenvalue weighted by Crippen LogP contribution is -2.22. The van der Waals surface area contributed by atoms with Gasteiger partial charge in [0.15, 0.2) is 0 Å². The first-order valence-corrected chi connectivity index (χ1v) is 8.71. The van der Waals surface area contributed by atoms with Gasteiger partial charge in [-0.1, -0.05) is 42.5 Å². The number of carbonyl (C=O) groups excluding carboxylic acids is 1. The molecule has 4 aromatic rings. The zero-order valence-corrected chi connectivity index (χ0v) is 14.7. The molecular formula is C21H19N5O. The Balaban J connectivity index is 1.34. The summed E-state index contributed by atoms with van der Waals surface area (Å²) >= 11 is 0. The van der Waals surface area contributed by atoms with Crippen LogP contribution in [0.25, 0.3) is 11.3 Å². The molecule has 2 N–H and O–H groups in total. The molecule has 0 aliphatic rings. The Morgan fingerprint density at radius 2 is 1.81 bits per heavy atom. The number of H-pyrrole nitrogens is 1. The number of hydrogen-bond acceptors (Lipinski definition) is 3. The van der Waals surface area contributed by atoms with Crippen molar-refractivity contribution in [2.75, 3.05) is 0 Å². The van der Waals surface area contributed by atoms with Gasteiger partial charge in [-0.25, -0.2) is 0 Å². The maximum Gasteiger partial charge on any atom is 0.251 e. The predicted molar refractivity (Wildman–Crippen MR) is 103 cm³/mol. The van der Waals surface area contributed by atoms with E-state index < -0.39 is 0 Å². The molecule has 2 heterocycles. The fourth-order valence-electron chi connectivity index (χ4n) is 2.86. The second kappa shape index (κ2) is 7.70. The predicted octanol–water partition coefficient (Wildman–Crippen LogP) is 3.25. The summed E-state index contributed by atoms with van der Waals surface area (Å²) in [5, 5.41) is 14.1. The fraction of sp³-hybridized carbons (Fsp3) is 0.0952. The number of nitrogens with zero attached hydrogens (tertiary/aromatic N) is 3. The molecule has 27 heavy (non-hydrogen) atoms. The van der Waals surface area contributed by atoms with Crippen LogP contribution in [0.1, 0.15) is 21.5 Å². The van der Waals surface area contributed by atoms with Gasteiger partial charge in [-0.2, -0.15) is 10.2 Å². The third kappa shape index (κ3) is 4.12. The highest BCUT2D eigenvalue weighted by atomic mass is 16.1. The highest BCUT2D eigenvalue weighted by molar-refractivity contribution is 5.94. The molecule has 0 atom stereocenters. The lowest BCUT2D eigenvalue weighted by Gasteiger charge is -2.05. The largest absolute Gasteiger partial charge is 0.348 e. The van der Waals surface area contributed by atoms with Gasteiger partial charge in [-0.15, -0.1) is 0 Å². The summed E-state index contributed by atoms with van der Waals surface area (Å²) in [6.07, 6.45) is 5.44. The highest BCUT2D eigenvalue weighted by Gasteiger charge is 2.07. The lowest BCUT2D eigenvalue weighted by atomic mass is 10.1. The minimum atomic E-state index is -0.109. The van der Waals surface area contributed by atoms with Crippen LogP contribution in [0.5, 0.6) is 0 Å². The van der Waals surface area contributed by atoms with Gasteiger partial charge in [-0.3, -0.25) is 14.6 Å². The van der Waals surface area contributed by atoms with Gasteiger partial charge in [0.25, 0.3) is 5.91 Å². The van der Waals surface area contributed by atoms with Gasteiger partial charge in [0.2, 0.25) is 0 Å². The second-order valence-electron chi connectivity index (χ2n) is 6.26. The van der Waals surface area contributed by atoms with E-state index in [-0.39, 0.29) is 5.91 Å². The summed E-state index contributed by atoms with van der Waals surface area (Å²) in [5.41, 5.74) is 4.69. The van der Waals surface area contributed by atoms with Gasteiger partial charge < -0.3 is 5.32 Å². The number of rotatable bonds is 6. The van der Waals surface area contributed by atoms with Crippen LogP contribution < -0.4 is 5.32 Å². The van der Waals surface area contributed by atoms with Gasteiger partial charge in [0.05, 0.1) is 18.4 Å². The lowest BCUT2D eigenvalue weighted by molar-refractivity contribution is 0.0951. The van der Waals surface area contributed by atoms with E-state index in [4.69, 9.17) is 0 Å². The van der Waals surface area contributed by atoms with Gasteiger partial charge in [0, 0.05) is 30.1 Å². The van der Waals surface area contributed by atoms with Crippen molar-refractivity contribution in [1.29, 1.82) is 0 Å². The van der Waals surface area contributed by atoms with E-state index in [0.717, 1.165) is 16.8 Å². The van der Waals surface area contributed by atoms with Gasteiger partial charge in [-0.05, 0) is 29.3 Å². The molecule has 0 saturated carbocycles. The molecule has 0 spiro atoms. The van der Waals surface area contributed by atoms with E-state index in [9.17, 15) is 4.79 Å². The van der Waals surface area contributed by atoms with E-state index in [1.807, 2.05) is 59.4 Å². The van der Waals surface area contributed by atoms with E-state index in [0.29, 0.717) is 18.7 Å². The van der Waals surface area contributed by atoms with E-state index >= 15 is 0 Å². The van der Waals surface area contributed by atoms with Crippen molar-refractivity contribution in [3.05, 3.63) is 95.9 Å². The standard InChI is InChI=1S/C21H19N5O/c27-21(19-8-6-18(7-9-19)20-10-11-23-25-20)22-12-17-13-24-26(15-17)14-16-4-2-1-3-5-16/h1-11,13,15H,12,14H2,(H,22,27)(H,23,25). The molecule has 0 radical (unpaired) electrons. The van der Waals surface area contributed by atoms with Crippen molar-refractivity contribution in [2.45, 2.75) is 13.1 Å². The van der Waals surface area contributed by atoms with Crippen molar-refractivity contribution in [1.82, 2.24) is 25.3 Å². The van der Waals surface area contributed by atoms with Crippen LogP contribution in [0.2, 0.25) is 0 Å². The summed E-state index contributed by atoms with van der Waals surface area (Å²) < 4.78 is 1.87. The summed E-state index contributed by atoms with van der Waals surface area (Å²) in [7, 11) is 0. The van der Waals surface area contributed by atoms with Crippen LogP contribution in [0.3, 0.4) is 0 Å². The average molecular weight is 357 g/mol. The number of hydrogen-bond donors (Lipinski definition) is 2. The number of aromatic nitrogens is 4. The highest BCUT2D eigenvalue weighted by Crippen LogP contribution is 2.16. The van der Waals surface area contributed by atoms with E-state index in [1.165, 1.54) is 5.56 Å². The molecule has 2 aromatic carbocycles. The molecule has 0 fully saturated rings. The quantitative estimate of drug-likeness (QED) is 0.556. The van der Waals surface area contributed by atoms with Crippen molar-refractivity contribution >= 4 is 5.91 Å². The summed E-state index contributed by atoms with van der Waals surface area (Å²) in [6, 6.07) is 19.5. The molecular weight excluding hydrogens is 338 g/mol. The van der Waals surface area contributed by atoms with Crippen LogP contribution in [-0.2, 0) is 13.1 Å². The number of benzene rings is 2. The van der Waals surface area contributed by atoms with Crippen LogP contribution in [0.4, 0.5) is 0 Å². The molecule has 0 unspecified atom stereocenters. The molecule has 0 saturated heterocycles. The maximum absolute atomic E-state index is 12.4. The van der Waals surface area contributed by atoms with E-state index in [1.54, 1.807) is 12.4 Å². The summed E-state index contributed by atoms with van der Waals surface area (Å²) in [6.45, 7) is 1.15. The summed E-state index contributed by atoms with van der Waals surface area (Å²) in [5.74, 6) is -0.109. The maximum atomic E-state index is 12.4. The molecule has 0 bridgehead atoms. The Labute approximate surface area is 156 Å². The van der Waals surface area contributed by atoms with E-state index in [2.05, 4.69) is 32.7 Å². The SMILES string of the molecule is O=C(NCc1cnn(Cc2ccccc2)c1)c1ccc(-c2ccn[nH]2)cc1. The van der Waals surface area contributed by atoms with Crippen LogP contribution in [-0.4, -0.2) is 25.9 Å². The van der Waals surface area contributed by atoms with Gasteiger partial charge >= 0.3 is 0 Å². The van der Waals surface area contributed by atoms with Crippen molar-refractivity contribution < 1.29 is 4.79 Å². The molecule has 0 aliphatic carbocycles. The van der Waals surface area contributed by atoms with Crippen molar-refractivity contribution in [3.8, 4) is 11.3 Å². The van der Waals surface area contributed by atoms with Crippen LogP contribution in [0, 0.1) is 0 Å². The monoisotopic (exact) mass is 357 g/mol. The number of carbonyl (C=O) groups is 1. The first-order chi connectivity index (χ1) is 13.3. The number of aromatic amines is 1. The molecule has 134 valence electrons. The van der Waals surface area contributed by atoms with Gasteiger partial charge in [0.1, 0.15) is 0 Å². The third-order valence-electron chi connectivity index (χ3n) is 4.29. The van der Waals surface area contributed by atoms with Crippen LogP contribution in [0.15, 0.2) is 79.3 Å².